The van der Waals surface area contributed by atoms with Gasteiger partial charge in [0.1, 0.15) is 0 Å². The number of fused-ring (bicyclic) bond motifs is 6. The highest BCUT2D eigenvalue weighted by molar-refractivity contribution is 6.01. The fourth-order valence-electron chi connectivity index (χ4n) is 9.91. The van der Waals surface area contributed by atoms with Gasteiger partial charge in [-0.1, -0.05) is 57.2 Å². The molecule has 2 aromatic rings. The molecule has 34 heavy (non-hydrogen) atoms. The van der Waals surface area contributed by atoms with E-state index >= 15 is 0 Å². The van der Waals surface area contributed by atoms with Crippen molar-refractivity contribution in [2.75, 3.05) is 0 Å². The molecule has 1 N–H and O–H groups in total. The predicted octanol–water partition coefficient (Wildman–Crippen LogP) is 7.82. The molecular formula is C32H42O2. The second kappa shape index (κ2) is 7.42. The van der Waals surface area contributed by atoms with Gasteiger partial charge in [-0.3, -0.25) is 4.79 Å². The maximum absolute atomic E-state index is 13.9. The Morgan fingerprint density at radius 3 is 2.38 bits per heavy atom. The first-order valence-electron chi connectivity index (χ1n) is 13.8. The second-order valence-electron chi connectivity index (χ2n) is 13.7. The molecule has 0 heterocycles. The topological polar surface area (TPSA) is 37.3 Å². The fourth-order valence-corrected chi connectivity index (χ4v) is 9.91. The van der Waals surface area contributed by atoms with Crippen molar-refractivity contribution in [3.05, 3.63) is 48.0 Å². The number of Topliss-reactive ketones (excluding diaryl/α,β-unsaturated/α-hetero) is 1. The lowest BCUT2D eigenvalue weighted by molar-refractivity contribution is -0.188. The Balaban J connectivity index is 1.28. The van der Waals surface area contributed by atoms with Gasteiger partial charge in [0.15, 0.2) is 5.78 Å². The third-order valence-corrected chi connectivity index (χ3v) is 12.0. The zero-order valence-electron chi connectivity index (χ0n) is 21.6. The minimum atomic E-state index is -0.505. The van der Waals surface area contributed by atoms with Crippen LogP contribution in [0.15, 0.2) is 42.5 Å². The van der Waals surface area contributed by atoms with Gasteiger partial charge in [0.2, 0.25) is 0 Å². The molecule has 0 amide bonds. The van der Waals surface area contributed by atoms with E-state index in [0.717, 1.165) is 43.1 Å². The van der Waals surface area contributed by atoms with Gasteiger partial charge in [-0.05, 0) is 116 Å². The number of hydrogen-bond donors (Lipinski definition) is 1. The molecule has 0 aromatic heterocycles. The molecular weight excluding hydrogens is 416 g/mol. The Kier molecular flexibility index (Phi) is 4.97. The van der Waals surface area contributed by atoms with Gasteiger partial charge in [-0.2, -0.15) is 0 Å². The van der Waals surface area contributed by atoms with E-state index in [9.17, 15) is 9.90 Å². The quantitative estimate of drug-likeness (QED) is 0.466. The van der Waals surface area contributed by atoms with Crippen LogP contribution in [0.3, 0.4) is 0 Å². The van der Waals surface area contributed by atoms with Gasteiger partial charge in [-0.25, -0.2) is 0 Å². The van der Waals surface area contributed by atoms with E-state index in [1.165, 1.54) is 42.9 Å². The molecule has 0 unspecified atom stereocenters. The molecule has 0 bridgehead atoms. The minimum absolute atomic E-state index is 0.133. The second-order valence-corrected chi connectivity index (χ2v) is 13.7. The van der Waals surface area contributed by atoms with Crippen LogP contribution in [0.25, 0.3) is 10.8 Å². The molecule has 0 radical (unpaired) electrons. The molecule has 182 valence electrons. The Labute approximate surface area is 205 Å². The average molecular weight is 459 g/mol. The Morgan fingerprint density at radius 1 is 0.824 bits per heavy atom. The lowest BCUT2D eigenvalue weighted by atomic mass is 9.39. The monoisotopic (exact) mass is 458 g/mol. The molecule has 4 fully saturated rings. The number of carbonyl (C=O) groups excluding carboxylic acids is 1. The van der Waals surface area contributed by atoms with Crippen LogP contribution in [0.5, 0.6) is 0 Å². The van der Waals surface area contributed by atoms with Crippen molar-refractivity contribution in [3.8, 4) is 0 Å². The molecule has 4 saturated carbocycles. The summed E-state index contributed by atoms with van der Waals surface area (Å²) in [6.07, 6.45) is 10.3. The van der Waals surface area contributed by atoms with E-state index in [1.54, 1.807) is 0 Å². The largest absolute Gasteiger partial charge is 0.390 e. The maximum atomic E-state index is 13.9. The smallest absolute Gasteiger partial charge is 0.166 e. The van der Waals surface area contributed by atoms with Crippen molar-refractivity contribution in [2.45, 2.75) is 91.1 Å². The first kappa shape index (κ1) is 22.8. The van der Waals surface area contributed by atoms with E-state index in [1.807, 2.05) is 0 Å². The predicted molar refractivity (Wildman–Crippen MR) is 139 cm³/mol. The van der Waals surface area contributed by atoms with Gasteiger partial charge in [0, 0.05) is 11.5 Å². The minimum Gasteiger partial charge on any atom is -0.390 e. The van der Waals surface area contributed by atoms with E-state index in [0.29, 0.717) is 17.1 Å². The summed E-state index contributed by atoms with van der Waals surface area (Å²) >= 11 is 0. The van der Waals surface area contributed by atoms with E-state index in [4.69, 9.17) is 0 Å². The van der Waals surface area contributed by atoms with Gasteiger partial charge >= 0.3 is 0 Å². The van der Waals surface area contributed by atoms with E-state index in [-0.39, 0.29) is 16.7 Å². The number of carbonyl (C=O) groups is 1. The summed E-state index contributed by atoms with van der Waals surface area (Å²) in [5.74, 6) is 2.70. The van der Waals surface area contributed by atoms with Gasteiger partial charge in [0.25, 0.3) is 0 Å². The molecule has 2 aromatic carbocycles. The lowest BCUT2D eigenvalue weighted by Crippen LogP contribution is -2.60. The molecule has 4 aliphatic rings. The third-order valence-electron chi connectivity index (χ3n) is 12.0. The Hall–Kier alpha value is -1.67. The third kappa shape index (κ3) is 3.13. The first-order chi connectivity index (χ1) is 16.1. The van der Waals surface area contributed by atoms with Crippen molar-refractivity contribution >= 4 is 16.6 Å². The van der Waals surface area contributed by atoms with Crippen LogP contribution in [0.4, 0.5) is 0 Å². The Morgan fingerprint density at radius 2 is 1.59 bits per heavy atom. The van der Waals surface area contributed by atoms with Crippen LogP contribution in [0.1, 0.15) is 95.8 Å². The number of benzene rings is 2. The lowest BCUT2D eigenvalue weighted by Gasteiger charge is -2.66. The molecule has 2 heteroatoms. The summed E-state index contributed by atoms with van der Waals surface area (Å²) in [7, 11) is 0. The summed E-state index contributed by atoms with van der Waals surface area (Å²) in [5, 5.41) is 13.3. The van der Waals surface area contributed by atoms with Crippen molar-refractivity contribution in [1.82, 2.24) is 0 Å². The van der Waals surface area contributed by atoms with E-state index in [2.05, 4.69) is 70.2 Å². The summed E-state index contributed by atoms with van der Waals surface area (Å²) < 4.78 is 0. The molecule has 0 saturated heterocycles. The number of ketones is 1. The molecule has 0 spiro atoms. The van der Waals surface area contributed by atoms with Crippen LogP contribution in [0.2, 0.25) is 0 Å². The summed E-state index contributed by atoms with van der Waals surface area (Å²) in [6, 6.07) is 14.7. The highest BCUT2D eigenvalue weighted by Crippen LogP contribution is 2.71. The summed E-state index contributed by atoms with van der Waals surface area (Å²) in [6.45, 7) is 9.56. The number of hydrogen-bond acceptors (Lipinski definition) is 2. The standard InChI is InChI=1S/C32H42O2/c1-29-15-13-24-25-11-12-27(28(33)23-10-9-21-7-5-6-8-22(21)19-23)31(25,3)16-14-26(24)32(29,4)18-17-30(2,34)20-29/h5-10,19,24-27,34H,11-18,20H2,1-4H3/t24-,25-,26-,27+,29-,30+,31-,32+/m0/s1. The molecule has 4 aliphatic carbocycles. The Bertz CT molecular complexity index is 1130. The van der Waals surface area contributed by atoms with Crippen molar-refractivity contribution in [1.29, 1.82) is 0 Å². The van der Waals surface area contributed by atoms with Gasteiger partial charge in [-0.15, -0.1) is 0 Å². The number of rotatable bonds is 2. The summed E-state index contributed by atoms with van der Waals surface area (Å²) in [5.41, 5.74) is 1.09. The molecule has 0 aliphatic heterocycles. The van der Waals surface area contributed by atoms with Gasteiger partial charge in [0.05, 0.1) is 5.60 Å². The normalized spacial score (nSPS) is 45.9. The SMILES string of the molecule is C[C@@]1(O)CC[C@]2(C)[C@H]3CC[C@]4(C)[C@@H](C(=O)c5ccc6ccccc6c5)CC[C@H]4[C@@H]3CC[C@@]2(C)C1. The van der Waals surface area contributed by atoms with Crippen molar-refractivity contribution < 1.29 is 9.90 Å². The summed E-state index contributed by atoms with van der Waals surface area (Å²) in [4.78, 5) is 13.9. The zero-order chi connectivity index (χ0) is 23.9. The van der Waals surface area contributed by atoms with Crippen LogP contribution in [-0.2, 0) is 0 Å². The number of aliphatic hydroxyl groups is 1. The van der Waals surface area contributed by atoms with Crippen molar-refractivity contribution in [2.24, 2.45) is 39.9 Å². The maximum Gasteiger partial charge on any atom is 0.166 e. The van der Waals surface area contributed by atoms with E-state index < -0.39 is 5.60 Å². The van der Waals surface area contributed by atoms with Crippen LogP contribution < -0.4 is 0 Å². The molecule has 6 rings (SSSR count). The first-order valence-corrected chi connectivity index (χ1v) is 13.8. The zero-order valence-corrected chi connectivity index (χ0v) is 21.6. The highest BCUT2D eigenvalue weighted by atomic mass is 16.3. The van der Waals surface area contributed by atoms with Crippen LogP contribution >= 0.6 is 0 Å². The average Bonchev–Trinajstić information content (AvgIpc) is 3.16. The van der Waals surface area contributed by atoms with Gasteiger partial charge < -0.3 is 5.11 Å². The van der Waals surface area contributed by atoms with Crippen LogP contribution in [-0.4, -0.2) is 16.5 Å². The van der Waals surface area contributed by atoms with Crippen LogP contribution in [0, 0.1) is 39.9 Å². The molecule has 8 atom stereocenters. The molecule has 2 nitrogen and oxygen atoms in total. The fraction of sp³-hybridized carbons (Fsp3) is 0.656. The highest BCUT2D eigenvalue weighted by Gasteiger charge is 2.64. The van der Waals surface area contributed by atoms with Crippen molar-refractivity contribution in [3.63, 3.8) is 0 Å².